The second kappa shape index (κ2) is 7.69. The minimum Gasteiger partial charge on any atom is -0.468 e. The van der Waals surface area contributed by atoms with Gasteiger partial charge in [-0.1, -0.05) is 18.2 Å². The molecule has 1 heterocycles. The van der Waals surface area contributed by atoms with Crippen molar-refractivity contribution in [2.24, 2.45) is 0 Å². The Morgan fingerprint density at radius 1 is 1.30 bits per heavy atom. The number of carbonyl (C=O) groups is 3. The average molecular weight is 331 g/mol. The van der Waals surface area contributed by atoms with Crippen LogP contribution in [0.5, 0.6) is 0 Å². The first-order valence-corrected chi connectivity index (χ1v) is 7.92. The van der Waals surface area contributed by atoms with Gasteiger partial charge in [0.2, 0.25) is 0 Å². The van der Waals surface area contributed by atoms with E-state index in [0.29, 0.717) is 17.4 Å². The zero-order chi connectivity index (χ0) is 16.8. The van der Waals surface area contributed by atoms with Crippen molar-refractivity contribution in [1.82, 2.24) is 4.90 Å². The van der Waals surface area contributed by atoms with E-state index >= 15 is 0 Å². The molecule has 1 aromatic carbocycles. The normalized spacial score (nSPS) is 11.6. The zero-order valence-electron chi connectivity index (χ0n) is 12.9. The van der Waals surface area contributed by atoms with Crippen molar-refractivity contribution in [3.8, 4) is 0 Å². The predicted octanol–water partition coefficient (Wildman–Crippen LogP) is 2.59. The molecule has 0 bridgehead atoms. The molecule has 0 aliphatic heterocycles. The lowest BCUT2D eigenvalue weighted by molar-refractivity contribution is -0.142. The second-order valence-corrected chi connectivity index (χ2v) is 5.80. The number of nitrogens with zero attached hydrogens (tertiary/aromatic N) is 1. The molecule has 0 N–H and O–H groups in total. The van der Waals surface area contributed by atoms with E-state index in [-0.39, 0.29) is 12.5 Å². The number of ether oxygens (including phenoxy) is 1. The van der Waals surface area contributed by atoms with E-state index in [0.717, 1.165) is 5.56 Å². The van der Waals surface area contributed by atoms with Crippen LogP contribution in [-0.4, -0.2) is 43.8 Å². The summed E-state index contributed by atoms with van der Waals surface area (Å²) in [5.74, 6) is -1.26. The lowest BCUT2D eigenvalue weighted by Gasteiger charge is -2.23. The van der Waals surface area contributed by atoms with E-state index in [4.69, 9.17) is 4.74 Å². The second-order valence-electron chi connectivity index (χ2n) is 5.02. The number of aldehydes is 1. The predicted molar refractivity (Wildman–Crippen MR) is 87.9 cm³/mol. The zero-order valence-corrected chi connectivity index (χ0v) is 13.7. The molecule has 5 nitrogen and oxygen atoms in total. The Morgan fingerprint density at radius 3 is 2.65 bits per heavy atom. The number of thiophene rings is 1. The van der Waals surface area contributed by atoms with Crippen LogP contribution in [0, 0.1) is 0 Å². The molecule has 0 fully saturated rings. The van der Waals surface area contributed by atoms with Crippen molar-refractivity contribution in [2.75, 3.05) is 20.7 Å². The number of amides is 1. The van der Waals surface area contributed by atoms with Gasteiger partial charge in [-0.15, -0.1) is 0 Å². The van der Waals surface area contributed by atoms with Gasteiger partial charge in [0.1, 0.15) is 5.92 Å². The molecule has 1 unspecified atom stereocenters. The Labute approximate surface area is 138 Å². The third-order valence-corrected chi connectivity index (χ3v) is 4.25. The summed E-state index contributed by atoms with van der Waals surface area (Å²) in [4.78, 5) is 37.1. The Kier molecular flexibility index (Phi) is 5.65. The number of likely N-dealkylation sites (N-methyl/N-ethyl adjacent to an activating group) is 1. The lowest BCUT2D eigenvalue weighted by atomic mass is 10.0. The summed E-state index contributed by atoms with van der Waals surface area (Å²) in [5, 5.41) is 3.73. The summed E-state index contributed by atoms with van der Waals surface area (Å²) >= 11 is 1.48. The Hall–Kier alpha value is -2.47. The largest absolute Gasteiger partial charge is 0.468 e. The van der Waals surface area contributed by atoms with Crippen molar-refractivity contribution in [3.63, 3.8) is 0 Å². The molecule has 1 aromatic heterocycles. The van der Waals surface area contributed by atoms with Crippen LogP contribution in [0.4, 0.5) is 0 Å². The van der Waals surface area contributed by atoms with Gasteiger partial charge in [-0.3, -0.25) is 14.4 Å². The third-order valence-electron chi connectivity index (χ3n) is 3.55. The molecule has 0 aliphatic carbocycles. The summed E-state index contributed by atoms with van der Waals surface area (Å²) in [7, 11) is 2.93. The van der Waals surface area contributed by atoms with Crippen LogP contribution >= 0.6 is 11.3 Å². The summed E-state index contributed by atoms with van der Waals surface area (Å²) in [6, 6.07) is 8.42. The maximum atomic E-state index is 12.6. The summed E-state index contributed by atoms with van der Waals surface area (Å²) < 4.78 is 4.84. The molecule has 0 radical (unpaired) electrons. The molecule has 0 saturated carbocycles. The van der Waals surface area contributed by atoms with E-state index in [1.807, 2.05) is 16.8 Å². The Morgan fingerprint density at radius 2 is 2.04 bits per heavy atom. The maximum Gasteiger partial charge on any atom is 0.314 e. The molecule has 120 valence electrons. The number of benzene rings is 1. The first kappa shape index (κ1) is 16.9. The smallest absolute Gasteiger partial charge is 0.314 e. The molecule has 6 heteroatoms. The number of rotatable bonds is 6. The molecular weight excluding hydrogens is 314 g/mol. The fourth-order valence-corrected chi connectivity index (χ4v) is 3.00. The number of methoxy groups -OCH3 is 1. The van der Waals surface area contributed by atoms with Gasteiger partial charge in [0.25, 0.3) is 5.91 Å². The van der Waals surface area contributed by atoms with Gasteiger partial charge in [0.15, 0.2) is 6.29 Å². The van der Waals surface area contributed by atoms with Crippen LogP contribution in [0.2, 0.25) is 0 Å². The fourth-order valence-electron chi connectivity index (χ4n) is 2.29. The van der Waals surface area contributed by atoms with E-state index in [2.05, 4.69) is 0 Å². The van der Waals surface area contributed by atoms with Gasteiger partial charge in [0, 0.05) is 19.2 Å². The summed E-state index contributed by atoms with van der Waals surface area (Å²) in [6.45, 7) is 0.176. The first-order chi connectivity index (χ1) is 11.1. The summed E-state index contributed by atoms with van der Waals surface area (Å²) in [5.41, 5.74) is 1.46. The molecular formula is C17H17NO4S. The molecule has 0 saturated heterocycles. The maximum absolute atomic E-state index is 12.6. The molecule has 2 aromatic rings. The molecule has 2 rings (SSSR count). The van der Waals surface area contributed by atoms with E-state index in [1.165, 1.54) is 23.3 Å². The van der Waals surface area contributed by atoms with Crippen LogP contribution in [0.15, 0.2) is 41.1 Å². The van der Waals surface area contributed by atoms with Crippen molar-refractivity contribution in [3.05, 3.63) is 57.8 Å². The molecule has 0 aliphatic rings. The highest BCUT2D eigenvalue weighted by Crippen LogP contribution is 2.22. The van der Waals surface area contributed by atoms with E-state index in [9.17, 15) is 14.4 Å². The highest BCUT2D eigenvalue weighted by molar-refractivity contribution is 7.08. The van der Waals surface area contributed by atoms with E-state index < -0.39 is 11.9 Å². The van der Waals surface area contributed by atoms with Gasteiger partial charge in [-0.05, 0) is 28.5 Å². The Balaban J connectivity index is 2.21. The average Bonchev–Trinajstić information content (AvgIpc) is 3.12. The minimum absolute atomic E-state index is 0.176. The van der Waals surface area contributed by atoms with Gasteiger partial charge < -0.3 is 9.64 Å². The lowest BCUT2D eigenvalue weighted by Crippen LogP contribution is -2.34. The van der Waals surface area contributed by atoms with Gasteiger partial charge in [0.05, 0.1) is 12.7 Å². The van der Waals surface area contributed by atoms with Crippen LogP contribution < -0.4 is 0 Å². The number of hydrogen-bond acceptors (Lipinski definition) is 5. The summed E-state index contributed by atoms with van der Waals surface area (Å²) in [6.07, 6.45) is 0.651. The highest BCUT2D eigenvalue weighted by Gasteiger charge is 2.26. The van der Waals surface area contributed by atoms with Crippen LogP contribution in [0.25, 0.3) is 0 Å². The van der Waals surface area contributed by atoms with Crippen LogP contribution in [-0.2, 0) is 9.53 Å². The standard InChI is InChI=1S/C17H17NO4S/c1-18(16(20)14-6-4-3-5-12(14)10-19)9-15(17(21)22-2)13-7-8-23-11-13/h3-8,10-11,15H,9H2,1-2H3. The molecule has 0 spiro atoms. The van der Waals surface area contributed by atoms with Crippen LogP contribution in [0.1, 0.15) is 32.2 Å². The topological polar surface area (TPSA) is 63.7 Å². The quantitative estimate of drug-likeness (QED) is 0.603. The highest BCUT2D eigenvalue weighted by atomic mass is 32.1. The van der Waals surface area contributed by atoms with Gasteiger partial charge in [-0.2, -0.15) is 11.3 Å². The SMILES string of the molecule is COC(=O)C(CN(C)C(=O)c1ccccc1C=O)c1ccsc1. The van der Waals surface area contributed by atoms with Crippen molar-refractivity contribution < 1.29 is 19.1 Å². The Bertz CT molecular complexity index is 696. The van der Waals surface area contributed by atoms with Crippen molar-refractivity contribution in [2.45, 2.75) is 5.92 Å². The number of carbonyl (C=O) groups excluding carboxylic acids is 3. The molecule has 23 heavy (non-hydrogen) atoms. The molecule has 1 atom stereocenters. The van der Waals surface area contributed by atoms with Gasteiger partial charge >= 0.3 is 5.97 Å². The monoisotopic (exact) mass is 331 g/mol. The first-order valence-electron chi connectivity index (χ1n) is 6.98. The van der Waals surface area contributed by atoms with Crippen LogP contribution in [0.3, 0.4) is 0 Å². The molecule has 1 amide bonds. The third kappa shape index (κ3) is 3.84. The van der Waals surface area contributed by atoms with Crippen molar-refractivity contribution in [1.29, 1.82) is 0 Å². The van der Waals surface area contributed by atoms with Gasteiger partial charge in [-0.25, -0.2) is 0 Å². The van der Waals surface area contributed by atoms with Crippen molar-refractivity contribution >= 4 is 29.5 Å². The van der Waals surface area contributed by atoms with E-state index in [1.54, 1.807) is 31.3 Å². The fraction of sp³-hybridized carbons (Fsp3) is 0.235. The minimum atomic E-state index is -0.552. The number of hydrogen-bond donors (Lipinski definition) is 0. The number of esters is 1.